The van der Waals surface area contributed by atoms with E-state index in [0.717, 1.165) is 95.1 Å². The number of aliphatic hydroxyl groups is 3. The van der Waals surface area contributed by atoms with Crippen molar-refractivity contribution in [2.45, 2.75) is 119 Å². The summed E-state index contributed by atoms with van der Waals surface area (Å²) in [5.41, 5.74) is 5.94. The Balaban J connectivity index is 0.0000000938. The molecule has 0 aliphatic heterocycles. The summed E-state index contributed by atoms with van der Waals surface area (Å²) in [5, 5.41) is 42.7. The first-order valence-electron chi connectivity index (χ1n) is 15.2. The highest BCUT2D eigenvalue weighted by Crippen LogP contribution is 2.56. The van der Waals surface area contributed by atoms with Gasteiger partial charge in [0.15, 0.2) is 0 Å². The molecule has 12 rings (SSSR count). The molecule has 12 aliphatic carbocycles. The molecule has 0 amide bonds. The van der Waals surface area contributed by atoms with E-state index in [4.69, 9.17) is 10.9 Å². The highest BCUT2D eigenvalue weighted by molar-refractivity contribution is 5.90. The first-order chi connectivity index (χ1) is 17.5. The summed E-state index contributed by atoms with van der Waals surface area (Å²) < 4.78 is 0. The van der Waals surface area contributed by atoms with Crippen molar-refractivity contribution in [1.82, 2.24) is 0 Å². The maximum absolute atomic E-state index is 11.6. The van der Waals surface area contributed by atoms with Gasteiger partial charge in [0.1, 0.15) is 5.78 Å². The van der Waals surface area contributed by atoms with Crippen LogP contribution in [-0.2, 0) is 4.79 Å². The van der Waals surface area contributed by atoms with Crippen LogP contribution in [0.5, 0.6) is 0 Å². The molecule has 12 saturated carbocycles. The number of nitrogens with zero attached hydrogens (tertiary/aromatic N) is 1. The third-order valence-electron chi connectivity index (χ3n) is 12.4. The first-order valence-corrected chi connectivity index (χ1v) is 15.2. The Morgan fingerprint density at radius 3 is 1.38 bits per heavy atom. The van der Waals surface area contributed by atoms with Crippen molar-refractivity contribution in [3.8, 4) is 0 Å². The molecule has 0 radical (unpaired) electrons. The number of hydrogen-bond acceptors (Lipinski definition) is 7. The maximum Gasteiger partial charge on any atom is 0.139 e. The van der Waals surface area contributed by atoms with E-state index in [1.165, 1.54) is 12.8 Å². The van der Waals surface area contributed by atoms with Gasteiger partial charge in [0, 0.05) is 29.7 Å². The number of hydrogen-bond donors (Lipinski definition) is 5. The lowest BCUT2D eigenvalue weighted by molar-refractivity contribution is -0.161. The minimum Gasteiger partial charge on any atom is -0.411 e. The van der Waals surface area contributed by atoms with Crippen LogP contribution >= 0.6 is 0 Å². The van der Waals surface area contributed by atoms with Gasteiger partial charge in [-0.2, -0.15) is 0 Å². The van der Waals surface area contributed by atoms with E-state index in [9.17, 15) is 20.1 Å². The molecule has 6 atom stereocenters. The average molecular weight is 515 g/mol. The van der Waals surface area contributed by atoms with Gasteiger partial charge in [-0.25, -0.2) is 0 Å². The third kappa shape index (κ3) is 4.31. The largest absolute Gasteiger partial charge is 0.411 e. The summed E-state index contributed by atoms with van der Waals surface area (Å²) >= 11 is 0. The van der Waals surface area contributed by atoms with Gasteiger partial charge in [0.25, 0.3) is 0 Å². The van der Waals surface area contributed by atoms with E-state index in [2.05, 4.69) is 5.16 Å². The number of Topliss-reactive ketones (excluding diaryl/α,β-unsaturated/α-hetero) is 1. The number of carbonyl (C=O) groups is 1. The zero-order valence-corrected chi connectivity index (χ0v) is 22.1. The third-order valence-corrected chi connectivity index (χ3v) is 12.4. The molecule has 12 bridgehead atoms. The summed E-state index contributed by atoms with van der Waals surface area (Å²) in [6, 6.07) is 0.404. The Kier molecular flexibility index (Phi) is 5.73. The Hall–Kier alpha value is -1.02. The molecule has 206 valence electrons. The average Bonchev–Trinajstić information content (AvgIpc) is 2.78. The van der Waals surface area contributed by atoms with Crippen LogP contribution in [0.3, 0.4) is 0 Å². The van der Waals surface area contributed by atoms with E-state index in [-0.39, 0.29) is 17.4 Å². The Labute approximate surface area is 220 Å². The predicted molar refractivity (Wildman–Crippen MR) is 138 cm³/mol. The molecule has 0 saturated heterocycles. The second-order valence-corrected chi connectivity index (χ2v) is 15.3. The summed E-state index contributed by atoms with van der Waals surface area (Å²) in [4.78, 5) is 11.6. The van der Waals surface area contributed by atoms with E-state index < -0.39 is 11.2 Å². The molecule has 37 heavy (non-hydrogen) atoms. The zero-order valence-electron chi connectivity index (χ0n) is 22.1. The molecule has 12 aliphatic rings. The molecule has 6 N–H and O–H groups in total. The van der Waals surface area contributed by atoms with Gasteiger partial charge in [-0.05, 0) is 126 Å². The second kappa shape index (κ2) is 8.49. The summed E-state index contributed by atoms with van der Waals surface area (Å²) in [6.07, 6.45) is 15.2. The first kappa shape index (κ1) is 25.0. The van der Waals surface area contributed by atoms with Crippen molar-refractivity contribution in [3.05, 3.63) is 0 Å². The molecule has 0 heterocycles. The van der Waals surface area contributed by atoms with Crippen molar-refractivity contribution in [1.29, 1.82) is 0 Å². The van der Waals surface area contributed by atoms with Crippen LogP contribution in [0.25, 0.3) is 0 Å². The second-order valence-electron chi connectivity index (χ2n) is 15.3. The fourth-order valence-electron chi connectivity index (χ4n) is 11.6. The molecule has 6 unspecified atom stereocenters. The van der Waals surface area contributed by atoms with Crippen molar-refractivity contribution >= 4 is 11.5 Å². The normalized spacial score (nSPS) is 57.1. The van der Waals surface area contributed by atoms with Crippen LogP contribution in [-0.4, -0.2) is 54.9 Å². The van der Waals surface area contributed by atoms with Crippen LogP contribution in [0.4, 0.5) is 0 Å². The zero-order chi connectivity index (χ0) is 25.7. The highest BCUT2D eigenvalue weighted by Gasteiger charge is 2.55. The van der Waals surface area contributed by atoms with Gasteiger partial charge in [0.05, 0.1) is 22.5 Å². The SMILES string of the molecule is NC1C2CC3CC1CC(O)(C3)C2.O=C1C2CC3CC1CC(O)(C3)C2.ON=C1C2CC3CC1CC(O)(C3)C2. The van der Waals surface area contributed by atoms with Crippen LogP contribution in [0.1, 0.15) is 96.3 Å². The Morgan fingerprint density at radius 1 is 0.595 bits per heavy atom. The van der Waals surface area contributed by atoms with Crippen molar-refractivity contribution in [3.63, 3.8) is 0 Å². The molecule has 7 nitrogen and oxygen atoms in total. The Bertz CT molecular complexity index is 929. The van der Waals surface area contributed by atoms with Gasteiger partial charge in [-0.1, -0.05) is 5.16 Å². The maximum atomic E-state index is 11.6. The van der Waals surface area contributed by atoms with E-state index >= 15 is 0 Å². The summed E-state index contributed by atoms with van der Waals surface area (Å²) in [6.45, 7) is 0. The van der Waals surface area contributed by atoms with Gasteiger partial charge in [-0.3, -0.25) is 4.79 Å². The lowest BCUT2D eigenvalue weighted by Crippen LogP contribution is -2.59. The minimum absolute atomic E-state index is 0.223. The summed E-state index contributed by atoms with van der Waals surface area (Å²) in [5.74, 6) is 5.08. The van der Waals surface area contributed by atoms with Crippen LogP contribution < -0.4 is 5.73 Å². The van der Waals surface area contributed by atoms with E-state index in [1.54, 1.807) is 0 Å². The molecule has 0 spiro atoms. The highest BCUT2D eigenvalue weighted by atomic mass is 16.4. The van der Waals surface area contributed by atoms with Crippen molar-refractivity contribution in [2.75, 3.05) is 0 Å². The predicted octanol–water partition coefficient (Wildman–Crippen LogP) is 3.40. The number of nitrogens with two attached hydrogens (primary N) is 1. The quantitative estimate of drug-likeness (QED) is 0.248. The fourth-order valence-corrected chi connectivity index (χ4v) is 11.6. The minimum atomic E-state index is -0.440. The number of carbonyl (C=O) groups excluding carboxylic acids is 1. The van der Waals surface area contributed by atoms with Gasteiger partial charge < -0.3 is 26.3 Å². The molecule has 0 aromatic heterocycles. The molecule has 0 aromatic rings. The fraction of sp³-hybridized carbons (Fsp3) is 0.933. The van der Waals surface area contributed by atoms with Gasteiger partial charge in [-0.15, -0.1) is 0 Å². The number of oxime groups is 1. The van der Waals surface area contributed by atoms with E-state index in [0.29, 0.717) is 47.3 Å². The van der Waals surface area contributed by atoms with Gasteiger partial charge in [0.2, 0.25) is 0 Å². The molecule has 0 aromatic carbocycles. The standard InChI is InChI=1S/C10H15NO2.C10H17NO.C10H14O2/c12-10-3-6-1-7(4-10)9(11-13)8(2-6)5-10;2*11-9-7-1-6-2-8(9)5-10(12,3-6)4-7/h6-8,12-13H,1-5H2;6-9,12H,1-5,11H2;6-8,12H,1-5H2. The van der Waals surface area contributed by atoms with Crippen LogP contribution in [0.15, 0.2) is 5.16 Å². The smallest absolute Gasteiger partial charge is 0.139 e. The lowest BCUT2D eigenvalue weighted by atomic mass is 9.52. The molecular weight excluding hydrogens is 468 g/mol. The molecular formula is C30H46N2O5. The molecule has 7 heteroatoms. The van der Waals surface area contributed by atoms with Crippen molar-refractivity contribution in [2.24, 2.45) is 64.2 Å². The van der Waals surface area contributed by atoms with E-state index in [1.807, 2.05) is 0 Å². The number of rotatable bonds is 0. The summed E-state index contributed by atoms with van der Waals surface area (Å²) in [7, 11) is 0. The van der Waals surface area contributed by atoms with Crippen LogP contribution in [0, 0.1) is 53.3 Å². The topological polar surface area (TPSA) is 136 Å². The van der Waals surface area contributed by atoms with Crippen molar-refractivity contribution < 1.29 is 25.3 Å². The number of ketones is 1. The lowest BCUT2D eigenvalue weighted by Gasteiger charge is -2.57. The van der Waals surface area contributed by atoms with Gasteiger partial charge >= 0.3 is 0 Å². The molecule has 12 fully saturated rings. The monoisotopic (exact) mass is 514 g/mol. The van der Waals surface area contributed by atoms with Crippen LogP contribution in [0.2, 0.25) is 0 Å². The Morgan fingerprint density at radius 2 is 0.973 bits per heavy atom.